The summed E-state index contributed by atoms with van der Waals surface area (Å²) < 4.78 is 15.9. The van der Waals surface area contributed by atoms with Gasteiger partial charge in [0, 0.05) is 6.08 Å². The van der Waals surface area contributed by atoms with Crippen LogP contribution in [-0.2, 0) is 9.59 Å². The molecule has 7 heteroatoms. The fourth-order valence-corrected chi connectivity index (χ4v) is 1.85. The van der Waals surface area contributed by atoms with Gasteiger partial charge in [-0.3, -0.25) is 20.4 Å². The highest BCUT2D eigenvalue weighted by Crippen LogP contribution is 2.18. The Morgan fingerprint density at radius 2 is 1.88 bits per heavy atom. The molecular weight excluding hydrogens is 324 g/mol. The lowest BCUT2D eigenvalue weighted by atomic mass is 10.3. The monoisotopic (exact) mass is 344 g/mol. The summed E-state index contributed by atoms with van der Waals surface area (Å²) in [5.74, 6) is 0.818. The summed E-state index contributed by atoms with van der Waals surface area (Å²) in [6, 6.07) is 10.3. The van der Waals surface area contributed by atoms with Crippen molar-refractivity contribution in [1.82, 2.24) is 10.9 Å². The maximum Gasteiger partial charge on any atom is 0.279 e. The third kappa shape index (κ3) is 6.06. The molecule has 1 aromatic carbocycles. The van der Waals surface area contributed by atoms with E-state index in [1.807, 2.05) is 6.92 Å². The fraction of sp³-hybridized carbons (Fsp3) is 0.222. The van der Waals surface area contributed by atoms with Crippen molar-refractivity contribution in [1.29, 1.82) is 0 Å². The van der Waals surface area contributed by atoms with Gasteiger partial charge in [-0.2, -0.15) is 0 Å². The predicted octanol–water partition coefficient (Wildman–Crippen LogP) is 2.31. The van der Waals surface area contributed by atoms with E-state index >= 15 is 0 Å². The lowest BCUT2D eigenvalue weighted by molar-refractivity contribution is -0.131. The summed E-state index contributed by atoms with van der Waals surface area (Å²) in [7, 11) is 0. The number of furan rings is 1. The van der Waals surface area contributed by atoms with Crippen LogP contribution in [0.15, 0.2) is 53.2 Å². The van der Waals surface area contributed by atoms with Crippen molar-refractivity contribution in [2.75, 3.05) is 6.61 Å². The fourth-order valence-electron chi connectivity index (χ4n) is 1.85. The zero-order chi connectivity index (χ0) is 18.1. The number of nitrogens with one attached hydrogen (secondary N) is 2. The topological polar surface area (TPSA) is 89.8 Å². The zero-order valence-corrected chi connectivity index (χ0v) is 14.0. The summed E-state index contributed by atoms with van der Waals surface area (Å²) in [5, 5.41) is 0. The normalized spacial score (nSPS) is 11.8. The number of amides is 2. The minimum absolute atomic E-state index is 0.478. The van der Waals surface area contributed by atoms with Crippen LogP contribution in [0.25, 0.3) is 6.08 Å². The maximum absolute atomic E-state index is 11.9. The molecule has 0 saturated carbocycles. The van der Waals surface area contributed by atoms with Crippen LogP contribution in [0.3, 0.4) is 0 Å². The van der Waals surface area contributed by atoms with E-state index in [0.717, 1.165) is 5.75 Å². The Bertz CT molecular complexity index is 708. The van der Waals surface area contributed by atoms with Crippen molar-refractivity contribution in [2.24, 2.45) is 0 Å². The second-order valence-corrected chi connectivity index (χ2v) is 4.99. The van der Waals surface area contributed by atoms with E-state index in [1.54, 1.807) is 43.3 Å². The molecule has 1 aromatic heterocycles. The van der Waals surface area contributed by atoms with Gasteiger partial charge in [-0.05, 0) is 56.3 Å². The Kier molecular flexibility index (Phi) is 6.65. The molecule has 2 rings (SSSR count). The van der Waals surface area contributed by atoms with Crippen molar-refractivity contribution in [3.63, 3.8) is 0 Å². The Morgan fingerprint density at radius 3 is 2.52 bits per heavy atom. The van der Waals surface area contributed by atoms with Crippen LogP contribution in [-0.4, -0.2) is 24.5 Å². The summed E-state index contributed by atoms with van der Waals surface area (Å²) in [5.41, 5.74) is 4.56. The molecule has 1 heterocycles. The molecule has 1 atom stereocenters. The molecule has 0 aliphatic rings. The summed E-state index contributed by atoms with van der Waals surface area (Å²) in [6.45, 7) is 4.05. The van der Waals surface area contributed by atoms with Crippen molar-refractivity contribution in [2.45, 2.75) is 20.0 Å². The van der Waals surface area contributed by atoms with Crippen LogP contribution < -0.4 is 20.3 Å². The molecule has 0 radical (unpaired) electrons. The smallest absolute Gasteiger partial charge is 0.279 e. The van der Waals surface area contributed by atoms with E-state index in [0.29, 0.717) is 18.1 Å². The molecular formula is C18H20N2O5. The lowest BCUT2D eigenvalue weighted by Gasteiger charge is -2.15. The van der Waals surface area contributed by atoms with E-state index < -0.39 is 17.9 Å². The van der Waals surface area contributed by atoms with Crippen molar-refractivity contribution in [3.05, 3.63) is 54.5 Å². The highest BCUT2D eigenvalue weighted by molar-refractivity contribution is 5.93. The average Bonchev–Trinajstić information content (AvgIpc) is 3.13. The van der Waals surface area contributed by atoms with Gasteiger partial charge < -0.3 is 13.9 Å². The first-order valence-corrected chi connectivity index (χ1v) is 7.79. The van der Waals surface area contributed by atoms with Gasteiger partial charge in [0.25, 0.3) is 11.8 Å². The van der Waals surface area contributed by atoms with Gasteiger partial charge in [0.15, 0.2) is 6.10 Å². The number of hydrazine groups is 1. The Labute approximate surface area is 145 Å². The van der Waals surface area contributed by atoms with Crippen LogP contribution in [0.4, 0.5) is 0 Å². The molecule has 0 unspecified atom stereocenters. The number of rotatable bonds is 7. The third-order valence-corrected chi connectivity index (χ3v) is 3.07. The number of ether oxygens (including phenoxy) is 2. The third-order valence-electron chi connectivity index (χ3n) is 3.07. The van der Waals surface area contributed by atoms with Crippen LogP contribution in [0.5, 0.6) is 11.5 Å². The van der Waals surface area contributed by atoms with Crippen molar-refractivity contribution < 1.29 is 23.5 Å². The number of carbonyl (C=O) groups is 2. The average molecular weight is 344 g/mol. The SMILES string of the molecule is CCOc1ccc(O[C@@H](C)C(=O)NNC(=O)/C=C/c2ccco2)cc1. The van der Waals surface area contributed by atoms with Crippen LogP contribution in [0, 0.1) is 0 Å². The van der Waals surface area contributed by atoms with Gasteiger partial charge in [-0.25, -0.2) is 0 Å². The number of hydrogen-bond acceptors (Lipinski definition) is 5. The van der Waals surface area contributed by atoms with Crippen molar-refractivity contribution >= 4 is 17.9 Å². The van der Waals surface area contributed by atoms with Gasteiger partial charge in [0.05, 0.1) is 12.9 Å². The van der Waals surface area contributed by atoms with Gasteiger partial charge >= 0.3 is 0 Å². The van der Waals surface area contributed by atoms with Gasteiger partial charge in [0.1, 0.15) is 17.3 Å². The number of benzene rings is 1. The van der Waals surface area contributed by atoms with E-state index in [2.05, 4.69) is 10.9 Å². The second-order valence-electron chi connectivity index (χ2n) is 4.99. The molecule has 0 aliphatic carbocycles. The van der Waals surface area contributed by atoms with Crippen LogP contribution in [0.2, 0.25) is 0 Å². The first-order valence-electron chi connectivity index (χ1n) is 7.79. The minimum atomic E-state index is -0.785. The van der Waals surface area contributed by atoms with E-state index in [4.69, 9.17) is 13.9 Å². The highest BCUT2D eigenvalue weighted by Gasteiger charge is 2.15. The van der Waals surface area contributed by atoms with Crippen molar-refractivity contribution in [3.8, 4) is 11.5 Å². The van der Waals surface area contributed by atoms with E-state index in [1.165, 1.54) is 18.4 Å². The van der Waals surface area contributed by atoms with Crippen LogP contribution >= 0.6 is 0 Å². The lowest BCUT2D eigenvalue weighted by Crippen LogP contribution is -2.46. The van der Waals surface area contributed by atoms with E-state index in [9.17, 15) is 9.59 Å². The molecule has 0 fully saturated rings. The summed E-state index contributed by atoms with van der Waals surface area (Å²) in [6.07, 6.45) is 3.45. The van der Waals surface area contributed by atoms with Gasteiger partial charge in [-0.1, -0.05) is 0 Å². The quantitative estimate of drug-likeness (QED) is 0.594. The molecule has 2 N–H and O–H groups in total. The standard InChI is InChI=1S/C18H20N2O5/c1-3-23-15-6-8-16(9-7-15)25-13(2)18(22)20-19-17(21)11-10-14-5-4-12-24-14/h4-13H,3H2,1-2H3,(H,19,21)(H,20,22)/b11-10+/t13-/m0/s1. The molecule has 0 aliphatic heterocycles. The number of hydrogen-bond donors (Lipinski definition) is 2. The van der Waals surface area contributed by atoms with Crippen LogP contribution in [0.1, 0.15) is 19.6 Å². The number of carbonyl (C=O) groups excluding carboxylic acids is 2. The largest absolute Gasteiger partial charge is 0.494 e. The summed E-state index contributed by atoms with van der Waals surface area (Å²) >= 11 is 0. The molecule has 7 nitrogen and oxygen atoms in total. The first kappa shape index (κ1) is 18.1. The molecule has 0 bridgehead atoms. The van der Waals surface area contributed by atoms with Gasteiger partial charge in [-0.15, -0.1) is 0 Å². The van der Waals surface area contributed by atoms with Gasteiger partial charge in [0.2, 0.25) is 0 Å². The zero-order valence-electron chi connectivity index (χ0n) is 14.0. The molecule has 25 heavy (non-hydrogen) atoms. The Hall–Kier alpha value is -3.22. The Morgan fingerprint density at radius 1 is 1.16 bits per heavy atom. The first-order chi connectivity index (χ1) is 12.1. The molecule has 0 spiro atoms. The molecule has 2 aromatic rings. The molecule has 0 saturated heterocycles. The predicted molar refractivity (Wildman–Crippen MR) is 91.7 cm³/mol. The summed E-state index contributed by atoms with van der Waals surface area (Å²) in [4.78, 5) is 23.5. The molecule has 132 valence electrons. The maximum atomic E-state index is 11.9. The van der Waals surface area contributed by atoms with E-state index in [-0.39, 0.29) is 0 Å². The minimum Gasteiger partial charge on any atom is -0.494 e. The highest BCUT2D eigenvalue weighted by atomic mass is 16.5. The second kappa shape index (κ2) is 9.17. The Balaban J connectivity index is 1.76. The molecule has 2 amide bonds.